The van der Waals surface area contributed by atoms with Gasteiger partial charge in [0.2, 0.25) is 5.91 Å². The zero-order chi connectivity index (χ0) is 16.8. The number of benzene rings is 2. The SMILES string of the molecule is COc1ccc(CCC(=O)N(C)Cc2ccccc2Br)cc1F. The van der Waals surface area contributed by atoms with Gasteiger partial charge in [-0.25, -0.2) is 4.39 Å². The van der Waals surface area contributed by atoms with Crippen LogP contribution >= 0.6 is 15.9 Å². The van der Waals surface area contributed by atoms with Crippen molar-refractivity contribution in [3.05, 3.63) is 63.9 Å². The maximum absolute atomic E-state index is 13.6. The second kappa shape index (κ2) is 8.11. The van der Waals surface area contributed by atoms with Crippen LogP contribution in [0.2, 0.25) is 0 Å². The fourth-order valence-corrected chi connectivity index (χ4v) is 2.69. The van der Waals surface area contributed by atoms with E-state index in [-0.39, 0.29) is 11.7 Å². The van der Waals surface area contributed by atoms with Gasteiger partial charge < -0.3 is 9.64 Å². The Morgan fingerprint density at radius 3 is 2.65 bits per heavy atom. The predicted octanol–water partition coefficient (Wildman–Crippen LogP) is 4.19. The number of methoxy groups -OCH3 is 1. The van der Waals surface area contributed by atoms with Gasteiger partial charge in [-0.05, 0) is 35.7 Å². The molecule has 122 valence electrons. The molecule has 0 aliphatic heterocycles. The molecule has 2 aromatic carbocycles. The second-order valence-corrected chi connectivity index (χ2v) is 6.16. The van der Waals surface area contributed by atoms with Crippen LogP contribution in [0.5, 0.6) is 5.75 Å². The molecule has 0 spiro atoms. The normalized spacial score (nSPS) is 10.4. The molecule has 0 heterocycles. The Morgan fingerprint density at radius 2 is 2.00 bits per heavy atom. The van der Waals surface area contributed by atoms with Crippen molar-refractivity contribution in [2.75, 3.05) is 14.2 Å². The fraction of sp³-hybridized carbons (Fsp3) is 0.278. The molecule has 3 nitrogen and oxygen atoms in total. The van der Waals surface area contributed by atoms with Gasteiger partial charge in [0.05, 0.1) is 7.11 Å². The van der Waals surface area contributed by atoms with Gasteiger partial charge >= 0.3 is 0 Å². The third-order valence-electron chi connectivity index (χ3n) is 3.63. The number of carbonyl (C=O) groups is 1. The number of hydrogen-bond acceptors (Lipinski definition) is 2. The summed E-state index contributed by atoms with van der Waals surface area (Å²) < 4.78 is 19.5. The Kier molecular flexibility index (Phi) is 6.16. The number of aryl methyl sites for hydroxylation is 1. The van der Waals surface area contributed by atoms with E-state index in [1.54, 1.807) is 24.1 Å². The van der Waals surface area contributed by atoms with E-state index >= 15 is 0 Å². The van der Waals surface area contributed by atoms with Crippen molar-refractivity contribution in [1.82, 2.24) is 4.90 Å². The van der Waals surface area contributed by atoms with E-state index in [4.69, 9.17) is 4.74 Å². The van der Waals surface area contributed by atoms with Crippen molar-refractivity contribution < 1.29 is 13.9 Å². The van der Waals surface area contributed by atoms with E-state index < -0.39 is 5.82 Å². The van der Waals surface area contributed by atoms with E-state index in [1.165, 1.54) is 13.2 Å². The number of halogens is 2. The predicted molar refractivity (Wildman–Crippen MR) is 91.9 cm³/mol. The minimum absolute atomic E-state index is 0.0250. The molecule has 0 aliphatic carbocycles. The van der Waals surface area contributed by atoms with Gasteiger partial charge in [-0.3, -0.25) is 4.79 Å². The van der Waals surface area contributed by atoms with Crippen LogP contribution in [0.15, 0.2) is 46.9 Å². The molecule has 0 bridgehead atoms. The van der Waals surface area contributed by atoms with Crippen molar-refractivity contribution in [3.8, 4) is 5.75 Å². The minimum Gasteiger partial charge on any atom is -0.494 e. The van der Waals surface area contributed by atoms with Crippen LogP contribution in [0.1, 0.15) is 17.5 Å². The van der Waals surface area contributed by atoms with Crippen LogP contribution in [-0.2, 0) is 17.8 Å². The summed E-state index contributed by atoms with van der Waals surface area (Å²) in [6.07, 6.45) is 0.840. The lowest BCUT2D eigenvalue weighted by Gasteiger charge is -2.18. The van der Waals surface area contributed by atoms with Gasteiger partial charge in [0.15, 0.2) is 11.6 Å². The summed E-state index contributed by atoms with van der Waals surface area (Å²) in [7, 11) is 3.20. The van der Waals surface area contributed by atoms with Crippen molar-refractivity contribution in [2.45, 2.75) is 19.4 Å². The number of rotatable bonds is 6. The zero-order valence-corrected chi connectivity index (χ0v) is 14.8. The first-order valence-corrected chi connectivity index (χ1v) is 8.10. The highest BCUT2D eigenvalue weighted by Crippen LogP contribution is 2.20. The lowest BCUT2D eigenvalue weighted by Crippen LogP contribution is -2.26. The molecule has 0 radical (unpaired) electrons. The third kappa shape index (κ3) is 4.79. The molecular weight excluding hydrogens is 361 g/mol. The Balaban J connectivity index is 1.91. The minimum atomic E-state index is -0.404. The molecule has 1 amide bonds. The highest BCUT2D eigenvalue weighted by Gasteiger charge is 2.12. The topological polar surface area (TPSA) is 29.5 Å². The molecule has 5 heteroatoms. The molecule has 0 fully saturated rings. The zero-order valence-electron chi connectivity index (χ0n) is 13.2. The maximum atomic E-state index is 13.6. The monoisotopic (exact) mass is 379 g/mol. The first kappa shape index (κ1) is 17.5. The molecule has 2 aromatic rings. The van der Waals surface area contributed by atoms with Crippen LogP contribution in [0.25, 0.3) is 0 Å². The fourth-order valence-electron chi connectivity index (χ4n) is 2.28. The average molecular weight is 380 g/mol. The quantitative estimate of drug-likeness (QED) is 0.752. The second-order valence-electron chi connectivity index (χ2n) is 5.31. The molecule has 23 heavy (non-hydrogen) atoms. The Morgan fingerprint density at radius 1 is 1.26 bits per heavy atom. The van der Waals surface area contributed by atoms with Gasteiger partial charge in [0.1, 0.15) is 0 Å². The van der Waals surface area contributed by atoms with E-state index in [0.29, 0.717) is 19.4 Å². The summed E-state index contributed by atoms with van der Waals surface area (Å²) in [6.45, 7) is 0.539. The van der Waals surface area contributed by atoms with Crippen LogP contribution in [-0.4, -0.2) is 25.0 Å². The Hall–Kier alpha value is -1.88. The first-order chi connectivity index (χ1) is 11.0. The number of nitrogens with zero attached hydrogens (tertiary/aromatic N) is 1. The lowest BCUT2D eigenvalue weighted by atomic mass is 10.1. The molecule has 0 atom stereocenters. The van der Waals surface area contributed by atoms with Crippen molar-refractivity contribution in [1.29, 1.82) is 0 Å². The van der Waals surface area contributed by atoms with Gasteiger partial charge in [0.25, 0.3) is 0 Å². The highest BCUT2D eigenvalue weighted by molar-refractivity contribution is 9.10. The first-order valence-electron chi connectivity index (χ1n) is 7.31. The number of hydrogen-bond donors (Lipinski definition) is 0. The summed E-state index contributed by atoms with van der Waals surface area (Å²) >= 11 is 3.48. The molecule has 0 unspecified atom stereocenters. The molecule has 2 rings (SSSR count). The van der Waals surface area contributed by atoms with Crippen molar-refractivity contribution in [3.63, 3.8) is 0 Å². The number of amides is 1. The van der Waals surface area contributed by atoms with Crippen LogP contribution in [0.3, 0.4) is 0 Å². The van der Waals surface area contributed by atoms with Gasteiger partial charge in [-0.1, -0.05) is 40.2 Å². The Bertz CT molecular complexity index is 690. The maximum Gasteiger partial charge on any atom is 0.222 e. The van der Waals surface area contributed by atoms with Gasteiger partial charge in [0, 0.05) is 24.5 Å². The highest BCUT2D eigenvalue weighted by atomic mass is 79.9. The summed E-state index contributed by atoms with van der Waals surface area (Å²) in [4.78, 5) is 13.9. The van der Waals surface area contributed by atoms with Crippen molar-refractivity contribution >= 4 is 21.8 Å². The lowest BCUT2D eigenvalue weighted by molar-refractivity contribution is -0.130. The van der Waals surface area contributed by atoms with Gasteiger partial charge in [-0.2, -0.15) is 0 Å². The molecule has 0 saturated carbocycles. The van der Waals surface area contributed by atoms with E-state index in [9.17, 15) is 9.18 Å². The summed E-state index contributed by atoms with van der Waals surface area (Å²) in [5.41, 5.74) is 1.84. The largest absolute Gasteiger partial charge is 0.494 e. The van der Waals surface area contributed by atoms with E-state index in [0.717, 1.165) is 15.6 Å². The van der Waals surface area contributed by atoms with E-state index in [1.807, 2.05) is 24.3 Å². The van der Waals surface area contributed by atoms with Crippen LogP contribution < -0.4 is 4.74 Å². The molecule has 0 saturated heterocycles. The summed E-state index contributed by atoms with van der Waals surface area (Å²) in [5, 5.41) is 0. The Labute approximate surface area is 144 Å². The molecule has 0 aromatic heterocycles. The summed E-state index contributed by atoms with van der Waals surface area (Å²) in [5.74, 6) is -0.165. The number of carbonyl (C=O) groups excluding carboxylic acids is 1. The van der Waals surface area contributed by atoms with E-state index in [2.05, 4.69) is 15.9 Å². The van der Waals surface area contributed by atoms with Crippen LogP contribution in [0, 0.1) is 5.82 Å². The van der Waals surface area contributed by atoms with Gasteiger partial charge in [-0.15, -0.1) is 0 Å². The molecular formula is C18H19BrFNO2. The molecule has 0 aliphatic rings. The average Bonchev–Trinajstić information content (AvgIpc) is 2.54. The third-order valence-corrected chi connectivity index (χ3v) is 4.41. The van der Waals surface area contributed by atoms with Crippen molar-refractivity contribution in [2.24, 2.45) is 0 Å². The van der Waals surface area contributed by atoms with Crippen LogP contribution in [0.4, 0.5) is 4.39 Å². The number of ether oxygens (including phenoxy) is 1. The summed E-state index contributed by atoms with van der Waals surface area (Å²) in [6, 6.07) is 12.6. The smallest absolute Gasteiger partial charge is 0.222 e. The molecule has 0 N–H and O–H groups in total. The standard InChI is InChI=1S/C18H19BrFNO2/c1-21(12-14-5-3-4-6-15(14)19)18(22)10-8-13-7-9-17(23-2)16(20)11-13/h3-7,9,11H,8,10,12H2,1-2H3.